The van der Waals surface area contributed by atoms with Crippen molar-refractivity contribution in [1.29, 1.82) is 0 Å². The van der Waals surface area contributed by atoms with Crippen molar-refractivity contribution in [3.63, 3.8) is 0 Å². The Morgan fingerprint density at radius 2 is 0.750 bits per heavy atom. The Morgan fingerprint density at radius 1 is 0.432 bits per heavy atom. The molecule has 0 aliphatic carbocycles. The molecule has 0 radical (unpaired) electrons. The lowest BCUT2D eigenvalue weighted by Gasteiger charge is -2.20. The predicted octanol–water partition coefficient (Wildman–Crippen LogP) is 12.3. The van der Waals surface area contributed by atoms with E-state index in [1.807, 2.05) is 0 Å². The van der Waals surface area contributed by atoms with Crippen molar-refractivity contribution in [2.75, 3.05) is 33.4 Å². The molecule has 0 aromatic carbocycles. The number of likely N-dealkylation sites (N-methyl/N-ethyl adjacent to an activating group) is 1. The summed E-state index contributed by atoms with van der Waals surface area (Å²) < 4.78 is 12.6. The van der Waals surface area contributed by atoms with Crippen molar-refractivity contribution in [3.05, 3.63) is 48.6 Å². The van der Waals surface area contributed by atoms with Gasteiger partial charge in [0, 0.05) is 26.3 Å². The third-order valence-corrected chi connectivity index (χ3v) is 8.75. The summed E-state index contributed by atoms with van der Waals surface area (Å²) in [5, 5.41) is 0. The van der Waals surface area contributed by atoms with Gasteiger partial charge in [0.1, 0.15) is 0 Å². The second kappa shape index (κ2) is 33.2. The number of hydrogen-bond donors (Lipinski definition) is 0. The molecule has 0 amide bonds. The Balaban J connectivity index is 1.90. The van der Waals surface area contributed by atoms with Crippen LogP contribution in [0.1, 0.15) is 168 Å². The second-order valence-electron chi connectivity index (χ2n) is 13.2. The Labute approximate surface area is 276 Å². The first-order valence-electron chi connectivity index (χ1n) is 19.3. The maximum atomic E-state index is 6.30. The summed E-state index contributed by atoms with van der Waals surface area (Å²) in [6.45, 7) is 8.33. The van der Waals surface area contributed by atoms with E-state index in [2.05, 4.69) is 74.4 Å². The molecule has 1 aliphatic heterocycles. The maximum absolute atomic E-state index is 6.30. The van der Waals surface area contributed by atoms with Gasteiger partial charge in [-0.25, -0.2) is 0 Å². The molecule has 0 spiro atoms. The van der Waals surface area contributed by atoms with Crippen LogP contribution in [-0.4, -0.2) is 50.5 Å². The highest BCUT2D eigenvalue weighted by atomic mass is 16.5. The lowest BCUT2D eigenvalue weighted by molar-refractivity contribution is -0.0481. The van der Waals surface area contributed by atoms with Gasteiger partial charge in [-0.3, -0.25) is 0 Å². The largest absolute Gasteiger partial charge is 0.374 e. The fourth-order valence-electron chi connectivity index (χ4n) is 5.89. The number of nitrogens with zero attached hydrogens (tertiary/aromatic N) is 1. The molecule has 3 nitrogen and oxygen atoms in total. The molecule has 0 aromatic heterocycles. The number of allylic oxidation sites excluding steroid dienone is 8. The second-order valence-corrected chi connectivity index (χ2v) is 13.2. The number of hydrogen-bond acceptors (Lipinski definition) is 3. The minimum Gasteiger partial charge on any atom is -0.374 e. The summed E-state index contributed by atoms with van der Waals surface area (Å²) in [5.74, 6) is 0. The van der Waals surface area contributed by atoms with E-state index in [0.29, 0.717) is 0 Å². The van der Waals surface area contributed by atoms with Crippen LogP contribution < -0.4 is 0 Å². The average molecular weight is 614 g/mol. The van der Waals surface area contributed by atoms with Crippen molar-refractivity contribution < 1.29 is 9.47 Å². The summed E-state index contributed by atoms with van der Waals surface area (Å²) in [6.07, 6.45) is 50.2. The molecule has 1 heterocycles. The van der Waals surface area contributed by atoms with E-state index in [0.717, 1.165) is 39.1 Å². The first-order chi connectivity index (χ1) is 21.8. The zero-order valence-corrected chi connectivity index (χ0v) is 29.8. The van der Waals surface area contributed by atoms with Crippen molar-refractivity contribution in [1.82, 2.24) is 4.90 Å². The molecule has 44 heavy (non-hydrogen) atoms. The number of ether oxygens (including phenoxy) is 2. The van der Waals surface area contributed by atoms with Gasteiger partial charge >= 0.3 is 0 Å². The monoisotopic (exact) mass is 614 g/mol. The minimum atomic E-state index is 0.252. The van der Waals surface area contributed by atoms with E-state index >= 15 is 0 Å². The van der Waals surface area contributed by atoms with Crippen LogP contribution in [0.15, 0.2) is 48.6 Å². The summed E-state index contributed by atoms with van der Waals surface area (Å²) in [5.41, 5.74) is 0. The van der Waals surface area contributed by atoms with E-state index in [1.165, 1.54) is 141 Å². The van der Waals surface area contributed by atoms with Gasteiger partial charge in [0.05, 0.1) is 12.2 Å². The summed E-state index contributed by atoms with van der Waals surface area (Å²) >= 11 is 0. The van der Waals surface area contributed by atoms with Crippen LogP contribution in [-0.2, 0) is 9.47 Å². The number of likely N-dealkylation sites (tertiary alicyclic amines) is 1. The molecule has 3 heteroatoms. The molecule has 0 bridgehead atoms. The molecule has 1 saturated heterocycles. The maximum Gasteiger partial charge on any atom is 0.0975 e. The smallest absolute Gasteiger partial charge is 0.0975 e. The lowest BCUT2D eigenvalue weighted by atomic mass is 10.1. The molecule has 0 N–H and O–H groups in total. The first-order valence-corrected chi connectivity index (χ1v) is 19.3. The van der Waals surface area contributed by atoms with E-state index in [1.54, 1.807) is 0 Å². The summed E-state index contributed by atoms with van der Waals surface area (Å²) in [6, 6.07) is 0. The standard InChI is InChI=1S/C41H75NO2/c1-4-6-8-10-12-14-16-18-20-22-24-26-28-30-32-34-36-43-40-38-42(3)39-41(40)44-37-35-33-31-29-27-25-23-21-19-17-15-13-11-9-7-5-2/h12-15,18-21,40-41H,4-11,16-17,22-39H2,1-3H3/b14-12-,15-13-,20-18-,21-19-/t40-,41?/m0/s1. The van der Waals surface area contributed by atoms with Crippen LogP contribution in [0.25, 0.3) is 0 Å². The van der Waals surface area contributed by atoms with Gasteiger partial charge in [0.15, 0.2) is 0 Å². The summed E-state index contributed by atoms with van der Waals surface area (Å²) in [7, 11) is 2.20. The topological polar surface area (TPSA) is 21.7 Å². The molecule has 0 aromatic rings. The SMILES string of the molecule is CCCCC/C=C\C/C=C\CCCCCCCCOC1CN(C)C[C@@H]1OCCCCCCCC/C=C\C/C=C\CCCCC. The fraction of sp³-hybridized carbons (Fsp3) is 0.805. The number of rotatable bonds is 32. The van der Waals surface area contributed by atoms with Crippen LogP contribution in [0.4, 0.5) is 0 Å². The Bertz CT molecular complexity index is 639. The molecule has 1 unspecified atom stereocenters. The van der Waals surface area contributed by atoms with Crippen molar-refractivity contribution in [2.24, 2.45) is 0 Å². The zero-order valence-electron chi connectivity index (χ0n) is 29.8. The van der Waals surface area contributed by atoms with E-state index < -0.39 is 0 Å². The van der Waals surface area contributed by atoms with Crippen LogP contribution in [0.2, 0.25) is 0 Å². The molecule has 1 aliphatic rings. The highest BCUT2D eigenvalue weighted by Gasteiger charge is 2.32. The molecular formula is C41H75NO2. The van der Waals surface area contributed by atoms with Crippen LogP contribution >= 0.6 is 0 Å². The van der Waals surface area contributed by atoms with Gasteiger partial charge < -0.3 is 14.4 Å². The van der Waals surface area contributed by atoms with Gasteiger partial charge in [-0.1, -0.05) is 140 Å². The minimum absolute atomic E-state index is 0.252. The fourth-order valence-corrected chi connectivity index (χ4v) is 5.89. The van der Waals surface area contributed by atoms with E-state index in [-0.39, 0.29) is 12.2 Å². The van der Waals surface area contributed by atoms with Crippen molar-refractivity contribution in [3.8, 4) is 0 Å². The first kappa shape index (κ1) is 40.9. The van der Waals surface area contributed by atoms with E-state index in [4.69, 9.17) is 9.47 Å². The van der Waals surface area contributed by atoms with Gasteiger partial charge in [0.2, 0.25) is 0 Å². The highest BCUT2D eigenvalue weighted by Crippen LogP contribution is 2.18. The lowest BCUT2D eigenvalue weighted by Crippen LogP contribution is -2.30. The zero-order chi connectivity index (χ0) is 31.6. The van der Waals surface area contributed by atoms with Gasteiger partial charge in [0.25, 0.3) is 0 Å². The molecular weight excluding hydrogens is 538 g/mol. The molecule has 2 atom stereocenters. The van der Waals surface area contributed by atoms with Crippen molar-refractivity contribution in [2.45, 2.75) is 180 Å². The molecule has 1 rings (SSSR count). The Morgan fingerprint density at radius 3 is 1.11 bits per heavy atom. The molecule has 1 fully saturated rings. The Hall–Kier alpha value is -1.16. The number of unbranched alkanes of at least 4 members (excludes halogenated alkanes) is 18. The van der Waals surface area contributed by atoms with Crippen LogP contribution in [0.3, 0.4) is 0 Å². The normalized spacial score (nSPS) is 18.0. The third kappa shape index (κ3) is 27.2. The predicted molar refractivity (Wildman–Crippen MR) is 196 cm³/mol. The van der Waals surface area contributed by atoms with Crippen LogP contribution in [0, 0.1) is 0 Å². The van der Waals surface area contributed by atoms with E-state index in [9.17, 15) is 0 Å². The van der Waals surface area contributed by atoms with Crippen molar-refractivity contribution >= 4 is 0 Å². The van der Waals surface area contributed by atoms with Gasteiger partial charge in [-0.05, 0) is 84.1 Å². The van der Waals surface area contributed by atoms with Gasteiger partial charge in [-0.2, -0.15) is 0 Å². The van der Waals surface area contributed by atoms with Gasteiger partial charge in [-0.15, -0.1) is 0 Å². The molecule has 0 saturated carbocycles. The Kier molecular flexibility index (Phi) is 30.8. The molecule has 256 valence electrons. The van der Waals surface area contributed by atoms with Crippen LogP contribution in [0.5, 0.6) is 0 Å². The summed E-state index contributed by atoms with van der Waals surface area (Å²) in [4.78, 5) is 2.37. The third-order valence-electron chi connectivity index (χ3n) is 8.75. The average Bonchev–Trinajstić information content (AvgIpc) is 3.38. The highest BCUT2D eigenvalue weighted by molar-refractivity contribution is 4.93. The quantitative estimate of drug-likeness (QED) is 0.0556.